The molecule has 0 radical (unpaired) electrons. The van der Waals surface area contributed by atoms with E-state index in [1.54, 1.807) is 0 Å². The standard InChI is InChI=1S/C15H32N2/c1-3-4-5-6-7-8-9-11-17-12-10-15(13-17)14(2)16/h14-15H,3-13,16H2,1-2H3. The molecule has 1 aliphatic rings. The van der Waals surface area contributed by atoms with Crippen molar-refractivity contribution in [3.63, 3.8) is 0 Å². The van der Waals surface area contributed by atoms with Crippen molar-refractivity contribution in [2.24, 2.45) is 11.7 Å². The SMILES string of the molecule is CCCCCCCCCN1CCC(C(C)N)C1. The lowest BCUT2D eigenvalue weighted by Gasteiger charge is -2.17. The quantitative estimate of drug-likeness (QED) is 0.626. The van der Waals surface area contributed by atoms with Crippen molar-refractivity contribution in [3.8, 4) is 0 Å². The number of hydrogen-bond donors (Lipinski definition) is 1. The van der Waals surface area contributed by atoms with Gasteiger partial charge in [0.15, 0.2) is 0 Å². The number of likely N-dealkylation sites (tertiary alicyclic amines) is 1. The average molecular weight is 240 g/mol. The summed E-state index contributed by atoms with van der Waals surface area (Å²) in [7, 11) is 0. The summed E-state index contributed by atoms with van der Waals surface area (Å²) >= 11 is 0. The van der Waals surface area contributed by atoms with Crippen LogP contribution >= 0.6 is 0 Å². The predicted octanol–water partition coefficient (Wildman–Crippen LogP) is 3.41. The lowest BCUT2D eigenvalue weighted by Crippen LogP contribution is -2.30. The zero-order chi connectivity index (χ0) is 12.5. The molecule has 0 aromatic rings. The molecule has 1 heterocycles. The van der Waals surface area contributed by atoms with Gasteiger partial charge in [-0.1, -0.05) is 45.4 Å². The van der Waals surface area contributed by atoms with Crippen LogP contribution in [0.25, 0.3) is 0 Å². The van der Waals surface area contributed by atoms with Crippen molar-refractivity contribution in [2.45, 2.75) is 71.3 Å². The maximum absolute atomic E-state index is 5.96. The first-order valence-corrected chi connectivity index (χ1v) is 7.72. The second-order valence-corrected chi connectivity index (χ2v) is 5.83. The molecule has 2 atom stereocenters. The molecule has 1 saturated heterocycles. The van der Waals surface area contributed by atoms with Gasteiger partial charge in [-0.05, 0) is 38.8 Å². The molecule has 2 N–H and O–H groups in total. The highest BCUT2D eigenvalue weighted by Crippen LogP contribution is 2.19. The Morgan fingerprint density at radius 3 is 2.35 bits per heavy atom. The Morgan fingerprint density at radius 2 is 1.76 bits per heavy atom. The number of unbranched alkanes of at least 4 members (excludes halogenated alkanes) is 6. The molecular weight excluding hydrogens is 208 g/mol. The molecule has 2 heteroatoms. The lowest BCUT2D eigenvalue weighted by molar-refractivity contribution is 0.307. The number of hydrogen-bond acceptors (Lipinski definition) is 2. The van der Waals surface area contributed by atoms with Gasteiger partial charge < -0.3 is 10.6 Å². The van der Waals surface area contributed by atoms with E-state index in [1.165, 1.54) is 71.0 Å². The highest BCUT2D eigenvalue weighted by Gasteiger charge is 2.24. The summed E-state index contributed by atoms with van der Waals surface area (Å²) in [5.41, 5.74) is 5.96. The molecule has 0 saturated carbocycles. The van der Waals surface area contributed by atoms with Gasteiger partial charge in [-0.25, -0.2) is 0 Å². The van der Waals surface area contributed by atoms with E-state index in [4.69, 9.17) is 5.73 Å². The Hall–Kier alpha value is -0.0800. The van der Waals surface area contributed by atoms with Crippen LogP contribution in [-0.4, -0.2) is 30.6 Å². The van der Waals surface area contributed by atoms with Crippen LogP contribution in [-0.2, 0) is 0 Å². The number of nitrogens with two attached hydrogens (primary N) is 1. The minimum atomic E-state index is 0.383. The van der Waals surface area contributed by atoms with Crippen LogP contribution in [0, 0.1) is 5.92 Å². The Morgan fingerprint density at radius 1 is 1.12 bits per heavy atom. The summed E-state index contributed by atoms with van der Waals surface area (Å²) in [5, 5.41) is 0. The van der Waals surface area contributed by atoms with Gasteiger partial charge in [-0.3, -0.25) is 0 Å². The molecule has 1 fully saturated rings. The molecule has 0 aliphatic carbocycles. The zero-order valence-corrected chi connectivity index (χ0v) is 12.0. The summed E-state index contributed by atoms with van der Waals surface area (Å²) in [4.78, 5) is 2.61. The van der Waals surface area contributed by atoms with Gasteiger partial charge in [-0.15, -0.1) is 0 Å². The van der Waals surface area contributed by atoms with Crippen molar-refractivity contribution >= 4 is 0 Å². The zero-order valence-electron chi connectivity index (χ0n) is 12.0. The first-order valence-electron chi connectivity index (χ1n) is 7.72. The minimum absolute atomic E-state index is 0.383. The Labute approximate surface area is 108 Å². The third-order valence-corrected chi connectivity index (χ3v) is 4.13. The largest absolute Gasteiger partial charge is 0.328 e. The van der Waals surface area contributed by atoms with E-state index in [0.717, 1.165) is 5.92 Å². The highest BCUT2D eigenvalue weighted by molar-refractivity contribution is 4.80. The van der Waals surface area contributed by atoms with Gasteiger partial charge in [0.1, 0.15) is 0 Å². The van der Waals surface area contributed by atoms with Gasteiger partial charge >= 0.3 is 0 Å². The number of rotatable bonds is 9. The molecule has 1 aliphatic heterocycles. The van der Waals surface area contributed by atoms with Crippen LogP contribution in [0.1, 0.15) is 65.2 Å². The molecule has 0 spiro atoms. The molecule has 2 unspecified atom stereocenters. The number of nitrogens with zero attached hydrogens (tertiary/aromatic N) is 1. The second kappa shape index (κ2) is 8.93. The monoisotopic (exact) mass is 240 g/mol. The maximum atomic E-state index is 5.96. The van der Waals surface area contributed by atoms with Gasteiger partial charge in [0, 0.05) is 12.6 Å². The van der Waals surface area contributed by atoms with Crippen LogP contribution in [0.15, 0.2) is 0 Å². The van der Waals surface area contributed by atoms with E-state index in [1.807, 2.05) is 0 Å². The molecule has 0 aromatic carbocycles. The summed E-state index contributed by atoms with van der Waals surface area (Å²) in [5.74, 6) is 0.750. The third kappa shape index (κ3) is 6.42. The van der Waals surface area contributed by atoms with Gasteiger partial charge in [0.05, 0.1) is 0 Å². The van der Waals surface area contributed by atoms with Crippen LogP contribution in [0.4, 0.5) is 0 Å². The highest BCUT2D eigenvalue weighted by atomic mass is 15.1. The lowest BCUT2D eigenvalue weighted by atomic mass is 10.0. The molecule has 17 heavy (non-hydrogen) atoms. The normalized spacial score (nSPS) is 23.1. The molecule has 0 aromatic heterocycles. The van der Waals surface area contributed by atoms with E-state index in [2.05, 4.69) is 18.7 Å². The molecule has 0 bridgehead atoms. The molecule has 102 valence electrons. The summed E-state index contributed by atoms with van der Waals surface area (Å²) in [6.07, 6.45) is 11.2. The molecule has 0 amide bonds. The van der Waals surface area contributed by atoms with Crippen molar-refractivity contribution < 1.29 is 0 Å². The van der Waals surface area contributed by atoms with Gasteiger partial charge in [0.2, 0.25) is 0 Å². The third-order valence-electron chi connectivity index (χ3n) is 4.13. The van der Waals surface area contributed by atoms with Crippen LogP contribution in [0.2, 0.25) is 0 Å². The Bertz CT molecular complexity index is 180. The van der Waals surface area contributed by atoms with Crippen LogP contribution in [0.3, 0.4) is 0 Å². The molecule has 1 rings (SSSR count). The van der Waals surface area contributed by atoms with E-state index < -0.39 is 0 Å². The summed E-state index contributed by atoms with van der Waals surface area (Å²) < 4.78 is 0. The van der Waals surface area contributed by atoms with Gasteiger partial charge in [-0.2, -0.15) is 0 Å². The Kier molecular flexibility index (Phi) is 7.87. The van der Waals surface area contributed by atoms with Crippen molar-refractivity contribution in [3.05, 3.63) is 0 Å². The second-order valence-electron chi connectivity index (χ2n) is 5.83. The molecular formula is C15H32N2. The fourth-order valence-corrected chi connectivity index (χ4v) is 2.79. The van der Waals surface area contributed by atoms with Crippen molar-refractivity contribution in [1.82, 2.24) is 4.90 Å². The summed E-state index contributed by atoms with van der Waals surface area (Å²) in [6.45, 7) is 8.26. The first-order chi connectivity index (χ1) is 8.24. The van der Waals surface area contributed by atoms with Crippen molar-refractivity contribution in [1.29, 1.82) is 0 Å². The fourth-order valence-electron chi connectivity index (χ4n) is 2.79. The predicted molar refractivity (Wildman–Crippen MR) is 76.2 cm³/mol. The average Bonchev–Trinajstić information content (AvgIpc) is 2.77. The Balaban J connectivity index is 1.90. The van der Waals surface area contributed by atoms with E-state index in [0.29, 0.717) is 6.04 Å². The van der Waals surface area contributed by atoms with E-state index in [9.17, 15) is 0 Å². The first kappa shape index (κ1) is 15.0. The smallest absolute Gasteiger partial charge is 0.00514 e. The van der Waals surface area contributed by atoms with E-state index in [-0.39, 0.29) is 0 Å². The maximum Gasteiger partial charge on any atom is 0.00514 e. The summed E-state index contributed by atoms with van der Waals surface area (Å²) in [6, 6.07) is 0.383. The van der Waals surface area contributed by atoms with Crippen LogP contribution < -0.4 is 5.73 Å². The minimum Gasteiger partial charge on any atom is -0.328 e. The van der Waals surface area contributed by atoms with Crippen LogP contribution in [0.5, 0.6) is 0 Å². The topological polar surface area (TPSA) is 29.3 Å². The van der Waals surface area contributed by atoms with Crippen molar-refractivity contribution in [2.75, 3.05) is 19.6 Å². The van der Waals surface area contributed by atoms with E-state index >= 15 is 0 Å². The van der Waals surface area contributed by atoms with Gasteiger partial charge in [0.25, 0.3) is 0 Å². The fraction of sp³-hybridized carbons (Fsp3) is 1.00. The molecule has 2 nitrogen and oxygen atoms in total.